The third kappa shape index (κ3) is 3.05. The Morgan fingerprint density at radius 3 is 2.58 bits per heavy atom. The van der Waals surface area contributed by atoms with Crippen molar-refractivity contribution in [2.45, 2.75) is 45.4 Å². The Hall–Kier alpha value is -3.34. The van der Waals surface area contributed by atoms with Crippen molar-refractivity contribution in [2.75, 3.05) is 0 Å². The number of nitrogens with zero attached hydrogens (tertiary/aromatic N) is 2. The number of fused-ring (bicyclic) bond motifs is 4. The van der Waals surface area contributed by atoms with E-state index in [0.717, 1.165) is 33.8 Å². The zero-order valence-electron chi connectivity index (χ0n) is 19.0. The van der Waals surface area contributed by atoms with Crippen molar-refractivity contribution >= 4 is 32.8 Å². The lowest BCUT2D eigenvalue weighted by Crippen LogP contribution is -2.31. The number of furan rings is 1. The minimum absolute atomic E-state index is 0.0137. The lowest BCUT2D eigenvalue weighted by atomic mass is 9.91. The van der Waals surface area contributed by atoms with Crippen LogP contribution >= 0.6 is 0 Å². The topological polar surface area (TPSA) is 29.9 Å². The molecule has 0 bridgehead atoms. The normalized spacial score (nSPS) is 14.8. The third-order valence-corrected chi connectivity index (χ3v) is 7.40. The first-order chi connectivity index (χ1) is 15.9. The van der Waals surface area contributed by atoms with Gasteiger partial charge in [0.15, 0.2) is 11.8 Å². The number of hydrogen-bond donors (Lipinski definition) is 0. The number of halogens is 2. The van der Waals surface area contributed by atoms with Crippen LogP contribution in [-0.4, -0.2) is 4.98 Å². The summed E-state index contributed by atoms with van der Waals surface area (Å²) in [6, 6.07) is 11.6. The largest absolute Gasteiger partial charge is 0.437 e. The van der Waals surface area contributed by atoms with E-state index in [1.165, 1.54) is 36.6 Å². The molecule has 166 valence electrons. The van der Waals surface area contributed by atoms with Crippen molar-refractivity contribution in [3.8, 4) is 11.3 Å². The molecule has 1 aliphatic rings. The molecule has 5 heteroatoms. The van der Waals surface area contributed by atoms with Gasteiger partial charge in [0.1, 0.15) is 12.9 Å². The predicted molar refractivity (Wildman–Crippen MR) is 126 cm³/mol. The van der Waals surface area contributed by atoms with E-state index in [0.29, 0.717) is 16.9 Å². The van der Waals surface area contributed by atoms with Gasteiger partial charge in [-0.15, -0.1) is 0 Å². The van der Waals surface area contributed by atoms with Crippen molar-refractivity contribution in [3.63, 3.8) is 0 Å². The molecule has 3 heterocycles. The molecule has 6 rings (SSSR count). The first-order valence-electron chi connectivity index (χ1n) is 11.5. The van der Waals surface area contributed by atoms with Gasteiger partial charge in [-0.1, -0.05) is 25.0 Å². The lowest BCUT2D eigenvalue weighted by molar-refractivity contribution is -0.659. The molecule has 2 aromatic carbocycles. The SMILES string of the molecule is Cc1cc2c(oc3nc(F)cc(F)c32)c(-c2c3ccc(C4CCCC4)cc3cc[n+]2C)c1C. The van der Waals surface area contributed by atoms with Crippen molar-refractivity contribution in [3.05, 3.63) is 71.1 Å². The van der Waals surface area contributed by atoms with Crippen LogP contribution in [0, 0.1) is 25.6 Å². The summed E-state index contributed by atoms with van der Waals surface area (Å²) in [6.45, 7) is 4.06. The minimum Gasteiger partial charge on any atom is -0.437 e. The molecule has 3 nitrogen and oxygen atoms in total. The summed E-state index contributed by atoms with van der Waals surface area (Å²) in [7, 11) is 2.01. The highest BCUT2D eigenvalue weighted by molar-refractivity contribution is 6.11. The lowest BCUT2D eigenvalue weighted by Gasteiger charge is -2.13. The van der Waals surface area contributed by atoms with Gasteiger partial charge in [0.2, 0.25) is 17.4 Å². The second-order valence-electron chi connectivity index (χ2n) is 9.38. The van der Waals surface area contributed by atoms with Crippen LogP contribution < -0.4 is 4.57 Å². The Kier molecular flexibility index (Phi) is 4.51. The molecular weight excluding hydrogens is 418 g/mol. The quantitative estimate of drug-likeness (QED) is 0.214. The number of rotatable bonds is 2. The van der Waals surface area contributed by atoms with E-state index in [1.54, 1.807) is 0 Å². The Morgan fingerprint density at radius 2 is 1.79 bits per heavy atom. The van der Waals surface area contributed by atoms with Gasteiger partial charge in [-0.2, -0.15) is 9.37 Å². The van der Waals surface area contributed by atoms with Gasteiger partial charge in [0.05, 0.1) is 16.3 Å². The second-order valence-corrected chi connectivity index (χ2v) is 9.38. The monoisotopic (exact) mass is 443 g/mol. The van der Waals surface area contributed by atoms with Gasteiger partial charge in [-0.05, 0) is 66.8 Å². The summed E-state index contributed by atoms with van der Waals surface area (Å²) < 4.78 is 36.7. The van der Waals surface area contributed by atoms with Gasteiger partial charge in [0, 0.05) is 17.5 Å². The van der Waals surface area contributed by atoms with Crippen LogP contribution in [0.5, 0.6) is 0 Å². The van der Waals surface area contributed by atoms with Gasteiger partial charge < -0.3 is 4.42 Å². The molecule has 0 saturated heterocycles. The van der Waals surface area contributed by atoms with E-state index < -0.39 is 11.8 Å². The summed E-state index contributed by atoms with van der Waals surface area (Å²) in [5, 5.41) is 3.12. The maximum atomic E-state index is 14.8. The number of hydrogen-bond acceptors (Lipinski definition) is 2. The number of aryl methyl sites for hydroxylation is 2. The maximum Gasteiger partial charge on any atom is 0.232 e. The molecule has 5 aromatic rings. The molecular formula is C28H25F2N2O+. The van der Waals surface area contributed by atoms with Gasteiger partial charge in [0.25, 0.3) is 0 Å². The van der Waals surface area contributed by atoms with Crippen LogP contribution in [0.4, 0.5) is 8.78 Å². The van der Waals surface area contributed by atoms with E-state index in [2.05, 4.69) is 40.0 Å². The Bertz CT molecular complexity index is 1580. The summed E-state index contributed by atoms with van der Waals surface area (Å²) in [4.78, 5) is 3.83. The average molecular weight is 444 g/mol. The van der Waals surface area contributed by atoms with E-state index in [4.69, 9.17) is 4.42 Å². The van der Waals surface area contributed by atoms with Gasteiger partial charge >= 0.3 is 0 Å². The van der Waals surface area contributed by atoms with Crippen LogP contribution in [0.25, 0.3) is 44.1 Å². The maximum absolute atomic E-state index is 14.8. The van der Waals surface area contributed by atoms with Crippen LogP contribution in [0.15, 0.2) is 47.0 Å². The molecule has 33 heavy (non-hydrogen) atoms. The van der Waals surface area contributed by atoms with Crippen molar-refractivity contribution in [1.82, 2.24) is 4.98 Å². The molecule has 1 fully saturated rings. The predicted octanol–water partition coefficient (Wildman–Crippen LogP) is 7.18. The van der Waals surface area contributed by atoms with E-state index >= 15 is 0 Å². The molecule has 0 aliphatic heterocycles. The molecule has 0 spiro atoms. The average Bonchev–Trinajstić information content (AvgIpc) is 3.43. The highest BCUT2D eigenvalue weighted by atomic mass is 19.1. The summed E-state index contributed by atoms with van der Waals surface area (Å²) in [6.07, 6.45) is 7.17. The molecule has 0 unspecified atom stereocenters. The Morgan fingerprint density at radius 1 is 1.00 bits per heavy atom. The molecule has 0 N–H and O–H groups in total. The number of pyridine rings is 2. The number of benzene rings is 2. The van der Waals surface area contributed by atoms with Gasteiger partial charge in [-0.3, -0.25) is 0 Å². The van der Waals surface area contributed by atoms with E-state index in [9.17, 15) is 8.78 Å². The van der Waals surface area contributed by atoms with Crippen molar-refractivity contribution in [2.24, 2.45) is 7.05 Å². The molecule has 0 amide bonds. The van der Waals surface area contributed by atoms with Crippen molar-refractivity contribution in [1.29, 1.82) is 0 Å². The first-order valence-corrected chi connectivity index (χ1v) is 11.5. The Labute approximate surface area is 190 Å². The Balaban J connectivity index is 1.69. The zero-order chi connectivity index (χ0) is 22.9. The molecule has 3 aromatic heterocycles. The smallest absolute Gasteiger partial charge is 0.232 e. The summed E-state index contributed by atoms with van der Waals surface area (Å²) in [5.41, 5.74) is 5.87. The van der Waals surface area contributed by atoms with Crippen molar-refractivity contribution < 1.29 is 17.8 Å². The van der Waals surface area contributed by atoms with Crippen LogP contribution in [-0.2, 0) is 7.05 Å². The fraction of sp³-hybridized carbons (Fsp3) is 0.286. The highest BCUT2D eigenvalue weighted by Crippen LogP contribution is 2.42. The molecule has 1 saturated carbocycles. The second kappa shape index (κ2) is 7.34. The number of aromatic nitrogens is 2. The standard InChI is InChI=1S/C28H25F2N2O/c1-15-12-21-25-22(29)14-23(30)31-28(25)33-27(21)24(16(15)2)26-20-9-8-18(17-6-4-5-7-17)13-19(20)10-11-32(26)3/h8-14,17H,4-7H2,1-3H3/q+1. The highest BCUT2D eigenvalue weighted by Gasteiger charge is 2.27. The van der Waals surface area contributed by atoms with Crippen LogP contribution in [0.2, 0.25) is 0 Å². The zero-order valence-corrected chi connectivity index (χ0v) is 19.0. The summed E-state index contributed by atoms with van der Waals surface area (Å²) >= 11 is 0. The molecule has 1 aliphatic carbocycles. The van der Waals surface area contributed by atoms with E-state index in [1.807, 2.05) is 27.0 Å². The molecule has 0 atom stereocenters. The first kappa shape index (κ1) is 20.3. The van der Waals surface area contributed by atoms with Gasteiger partial charge in [-0.25, -0.2) is 8.96 Å². The van der Waals surface area contributed by atoms with Crippen LogP contribution in [0.3, 0.4) is 0 Å². The fourth-order valence-corrected chi connectivity index (χ4v) is 5.56. The third-order valence-electron chi connectivity index (χ3n) is 7.40. The molecule has 0 radical (unpaired) electrons. The van der Waals surface area contributed by atoms with Crippen LogP contribution in [0.1, 0.15) is 48.3 Å². The fourth-order valence-electron chi connectivity index (χ4n) is 5.56. The minimum atomic E-state index is -0.885. The summed E-state index contributed by atoms with van der Waals surface area (Å²) in [5.74, 6) is -0.906. The van der Waals surface area contributed by atoms with E-state index in [-0.39, 0.29) is 11.1 Å².